The molecule has 5 heteroatoms. The molecule has 0 radical (unpaired) electrons. The summed E-state index contributed by atoms with van der Waals surface area (Å²) < 4.78 is 2.28. The summed E-state index contributed by atoms with van der Waals surface area (Å²) >= 11 is 0. The van der Waals surface area contributed by atoms with Crippen LogP contribution in [0.4, 0.5) is 0 Å². The Balaban J connectivity index is 0.00000115. The van der Waals surface area contributed by atoms with Crippen LogP contribution in [0.25, 0.3) is 17.2 Å². The Bertz CT molecular complexity index is 1130. The first-order valence-electron chi connectivity index (χ1n) is 13.8. The van der Waals surface area contributed by atoms with Gasteiger partial charge in [0.15, 0.2) is 5.65 Å². The van der Waals surface area contributed by atoms with Crippen LogP contribution >= 0.6 is 0 Å². The lowest BCUT2D eigenvalue weighted by Gasteiger charge is -2.41. The van der Waals surface area contributed by atoms with Gasteiger partial charge in [-0.1, -0.05) is 63.6 Å². The van der Waals surface area contributed by atoms with E-state index in [-0.39, 0.29) is 0 Å². The van der Waals surface area contributed by atoms with Gasteiger partial charge < -0.3 is 4.57 Å². The zero-order valence-electron chi connectivity index (χ0n) is 23.9. The number of pyridine rings is 1. The number of nitrogens with zero attached hydrogens (tertiary/aromatic N) is 5. The summed E-state index contributed by atoms with van der Waals surface area (Å²) in [6, 6.07) is 12.3. The fourth-order valence-electron chi connectivity index (χ4n) is 5.12. The average molecular weight is 490 g/mol. The molecule has 1 unspecified atom stereocenters. The minimum absolute atomic E-state index is 0.626. The van der Waals surface area contributed by atoms with E-state index in [1.54, 1.807) is 0 Å². The largest absolute Gasteiger partial charge is 0.308 e. The summed E-state index contributed by atoms with van der Waals surface area (Å²) in [5.74, 6) is 1.10. The number of rotatable bonds is 7. The SMILES string of the molecule is CCC.CCc1nc2c(C)cc(C)nc2n1Cc1ccc(/C=C/CN2CCN(C(C)C)C(C)C2)cc1. The second-order valence-corrected chi connectivity index (χ2v) is 10.5. The highest BCUT2D eigenvalue weighted by Gasteiger charge is 2.24. The molecule has 36 heavy (non-hydrogen) atoms. The molecule has 1 atom stereocenters. The molecule has 1 aliphatic heterocycles. The molecular formula is C31H47N5. The molecule has 2 aromatic heterocycles. The lowest BCUT2D eigenvalue weighted by molar-refractivity contribution is 0.0666. The maximum atomic E-state index is 4.87. The number of fused-ring (bicyclic) bond motifs is 1. The summed E-state index contributed by atoms with van der Waals surface area (Å²) in [7, 11) is 0. The van der Waals surface area contributed by atoms with E-state index in [4.69, 9.17) is 9.97 Å². The van der Waals surface area contributed by atoms with Crippen LogP contribution in [0, 0.1) is 13.8 Å². The first-order chi connectivity index (χ1) is 17.3. The summed E-state index contributed by atoms with van der Waals surface area (Å²) in [6.45, 7) is 22.8. The van der Waals surface area contributed by atoms with Gasteiger partial charge in [-0.3, -0.25) is 9.80 Å². The van der Waals surface area contributed by atoms with E-state index in [9.17, 15) is 0 Å². The monoisotopic (exact) mass is 489 g/mol. The van der Waals surface area contributed by atoms with Gasteiger partial charge in [0, 0.05) is 50.4 Å². The summed E-state index contributed by atoms with van der Waals surface area (Å²) in [4.78, 5) is 14.8. The highest BCUT2D eigenvalue weighted by molar-refractivity contribution is 5.76. The molecule has 0 saturated carbocycles. The number of piperazine rings is 1. The first kappa shape index (κ1) is 28.1. The number of imidazole rings is 1. The van der Waals surface area contributed by atoms with Crippen molar-refractivity contribution in [3.8, 4) is 0 Å². The van der Waals surface area contributed by atoms with Gasteiger partial charge in [0.05, 0.1) is 6.54 Å². The Morgan fingerprint density at radius 2 is 1.72 bits per heavy atom. The number of hydrogen-bond acceptors (Lipinski definition) is 4. The Morgan fingerprint density at radius 3 is 2.33 bits per heavy atom. The molecule has 3 aromatic rings. The van der Waals surface area contributed by atoms with Crippen molar-refractivity contribution in [1.29, 1.82) is 0 Å². The molecule has 5 nitrogen and oxygen atoms in total. The van der Waals surface area contributed by atoms with Crippen molar-refractivity contribution in [2.24, 2.45) is 0 Å². The smallest absolute Gasteiger partial charge is 0.160 e. The van der Waals surface area contributed by atoms with Crippen molar-refractivity contribution < 1.29 is 0 Å². The van der Waals surface area contributed by atoms with Gasteiger partial charge in [-0.05, 0) is 57.4 Å². The predicted molar refractivity (Wildman–Crippen MR) is 155 cm³/mol. The fraction of sp³-hybridized carbons (Fsp3) is 0.548. The lowest BCUT2D eigenvalue weighted by atomic mass is 10.1. The van der Waals surface area contributed by atoms with Crippen LogP contribution in [0.15, 0.2) is 36.4 Å². The Kier molecular flexibility index (Phi) is 10.3. The number of aryl methyl sites for hydroxylation is 3. The Morgan fingerprint density at radius 1 is 1.03 bits per heavy atom. The molecule has 1 saturated heterocycles. The topological polar surface area (TPSA) is 37.2 Å². The quantitative estimate of drug-likeness (QED) is 0.379. The fourth-order valence-corrected chi connectivity index (χ4v) is 5.12. The van der Waals surface area contributed by atoms with Crippen molar-refractivity contribution in [3.63, 3.8) is 0 Å². The van der Waals surface area contributed by atoms with E-state index in [2.05, 4.69) is 112 Å². The molecule has 3 heterocycles. The van der Waals surface area contributed by atoms with Gasteiger partial charge in [-0.2, -0.15) is 0 Å². The van der Waals surface area contributed by atoms with Gasteiger partial charge in [0.1, 0.15) is 11.3 Å². The third-order valence-electron chi connectivity index (χ3n) is 6.84. The van der Waals surface area contributed by atoms with Gasteiger partial charge >= 0.3 is 0 Å². The van der Waals surface area contributed by atoms with Crippen molar-refractivity contribution in [2.75, 3.05) is 26.2 Å². The second kappa shape index (κ2) is 13.2. The van der Waals surface area contributed by atoms with Crippen LogP contribution in [0.2, 0.25) is 0 Å². The van der Waals surface area contributed by atoms with Crippen molar-refractivity contribution in [2.45, 2.75) is 86.9 Å². The van der Waals surface area contributed by atoms with Gasteiger partial charge in [-0.25, -0.2) is 9.97 Å². The molecule has 4 rings (SSSR count). The van der Waals surface area contributed by atoms with E-state index >= 15 is 0 Å². The third kappa shape index (κ3) is 7.04. The molecule has 1 aromatic carbocycles. The molecular weight excluding hydrogens is 442 g/mol. The van der Waals surface area contributed by atoms with Crippen LogP contribution in [-0.2, 0) is 13.0 Å². The second-order valence-electron chi connectivity index (χ2n) is 10.5. The molecule has 196 valence electrons. The Labute approximate surface area is 219 Å². The minimum atomic E-state index is 0.626. The molecule has 0 aliphatic carbocycles. The average Bonchev–Trinajstić information content (AvgIpc) is 3.18. The van der Waals surface area contributed by atoms with Crippen LogP contribution in [0.1, 0.15) is 76.2 Å². The van der Waals surface area contributed by atoms with Crippen LogP contribution in [0.5, 0.6) is 0 Å². The summed E-state index contributed by atoms with van der Waals surface area (Å²) in [6.07, 6.45) is 6.71. The van der Waals surface area contributed by atoms with Crippen LogP contribution in [-0.4, -0.2) is 62.6 Å². The summed E-state index contributed by atoms with van der Waals surface area (Å²) in [5, 5.41) is 0. The molecule has 0 N–H and O–H groups in total. The molecule has 1 aliphatic rings. The minimum Gasteiger partial charge on any atom is -0.308 e. The van der Waals surface area contributed by atoms with Crippen molar-refractivity contribution in [1.82, 2.24) is 24.3 Å². The van der Waals surface area contributed by atoms with Crippen molar-refractivity contribution >= 4 is 17.2 Å². The lowest BCUT2D eigenvalue weighted by Crippen LogP contribution is -2.54. The standard InChI is InChI=1S/C28H39N5.C3H8/c1-7-26-30-27-21(4)17-22(5)29-28(27)33(26)19-25-12-10-24(11-13-25)9-8-14-31-15-16-32(20(2)3)23(6)18-31;1-3-2/h8-13,17,20,23H,7,14-16,18-19H2,1-6H3;3H2,1-2H3/b9-8+;. The van der Waals surface area contributed by atoms with E-state index < -0.39 is 0 Å². The van der Waals surface area contributed by atoms with E-state index in [1.165, 1.54) is 23.1 Å². The predicted octanol–water partition coefficient (Wildman–Crippen LogP) is 6.50. The number of benzene rings is 1. The molecule has 0 spiro atoms. The maximum absolute atomic E-state index is 4.87. The highest BCUT2D eigenvalue weighted by atomic mass is 15.3. The van der Waals surface area contributed by atoms with Gasteiger partial charge in [-0.15, -0.1) is 0 Å². The zero-order valence-corrected chi connectivity index (χ0v) is 23.9. The third-order valence-corrected chi connectivity index (χ3v) is 6.84. The zero-order chi connectivity index (χ0) is 26.2. The molecule has 1 fully saturated rings. The normalized spacial score (nSPS) is 17.2. The van der Waals surface area contributed by atoms with E-state index in [0.29, 0.717) is 12.1 Å². The number of hydrogen-bond donors (Lipinski definition) is 0. The van der Waals surface area contributed by atoms with Crippen LogP contribution in [0.3, 0.4) is 0 Å². The van der Waals surface area contributed by atoms with Gasteiger partial charge in [0.25, 0.3) is 0 Å². The summed E-state index contributed by atoms with van der Waals surface area (Å²) in [5.41, 5.74) is 6.81. The van der Waals surface area contributed by atoms with Crippen molar-refractivity contribution in [3.05, 3.63) is 64.6 Å². The highest BCUT2D eigenvalue weighted by Crippen LogP contribution is 2.21. The van der Waals surface area contributed by atoms with E-state index in [1.807, 2.05) is 0 Å². The van der Waals surface area contributed by atoms with Crippen LogP contribution < -0.4 is 0 Å². The molecule has 0 amide bonds. The van der Waals surface area contributed by atoms with Gasteiger partial charge in [0.2, 0.25) is 0 Å². The number of aromatic nitrogens is 3. The van der Waals surface area contributed by atoms with E-state index in [0.717, 1.165) is 61.8 Å². The first-order valence-corrected chi connectivity index (χ1v) is 13.8. The molecule has 0 bridgehead atoms. The maximum Gasteiger partial charge on any atom is 0.160 e. The Hall–Kier alpha value is -2.50.